The molecule has 0 radical (unpaired) electrons. The van der Waals surface area contributed by atoms with Gasteiger partial charge in [0.05, 0.1) is 17.0 Å². The van der Waals surface area contributed by atoms with Gasteiger partial charge in [0.1, 0.15) is 0 Å². The van der Waals surface area contributed by atoms with E-state index in [1.54, 1.807) is 0 Å². The Morgan fingerprint density at radius 2 is 1.82 bits per heavy atom. The zero-order valence-corrected chi connectivity index (χ0v) is 14.5. The third kappa shape index (κ3) is 4.11. The minimum Gasteiger partial charge on any atom is -0.366 e. The fraction of sp³-hybridized carbons (Fsp3) is 0.316. The first-order valence-corrected chi connectivity index (χ1v) is 7.97. The molecule has 2 aromatic rings. The summed E-state index contributed by atoms with van der Waals surface area (Å²) in [5.41, 5.74) is 5.95. The van der Waals surface area contributed by atoms with Crippen molar-refractivity contribution < 1.29 is 0 Å². The average molecular weight is 315 g/mol. The average Bonchev–Trinajstić information content (AvgIpc) is 2.51. The lowest BCUT2D eigenvalue weighted by Gasteiger charge is -2.12. The predicted octanol–water partition coefficient (Wildman–Crippen LogP) is 5.16. The van der Waals surface area contributed by atoms with Gasteiger partial charge in [-0.15, -0.1) is 0 Å². The van der Waals surface area contributed by atoms with Gasteiger partial charge < -0.3 is 4.90 Å². The van der Waals surface area contributed by atoms with Crippen LogP contribution < -0.4 is 0 Å². The van der Waals surface area contributed by atoms with E-state index in [1.807, 2.05) is 24.4 Å². The van der Waals surface area contributed by atoms with E-state index in [2.05, 4.69) is 56.1 Å². The van der Waals surface area contributed by atoms with E-state index in [4.69, 9.17) is 11.6 Å². The second kappa shape index (κ2) is 7.46. The number of aryl methyl sites for hydroxylation is 2. The van der Waals surface area contributed by atoms with E-state index >= 15 is 0 Å². The van der Waals surface area contributed by atoms with Gasteiger partial charge in [0, 0.05) is 13.6 Å². The first kappa shape index (κ1) is 16.6. The second-order valence-electron chi connectivity index (χ2n) is 5.65. The number of halogens is 1. The number of benzene rings is 2. The van der Waals surface area contributed by atoms with Crippen molar-refractivity contribution in [3.05, 3.63) is 63.7 Å². The summed E-state index contributed by atoms with van der Waals surface area (Å²) in [5.74, 6) is 0. The highest BCUT2D eigenvalue weighted by Crippen LogP contribution is 2.29. The molecule has 0 unspecified atom stereocenters. The molecule has 22 heavy (non-hydrogen) atoms. The molecule has 0 atom stereocenters. The molecule has 2 rings (SSSR count). The van der Waals surface area contributed by atoms with Crippen molar-refractivity contribution in [2.24, 2.45) is 4.99 Å². The first-order valence-electron chi connectivity index (χ1n) is 7.59. The zero-order valence-electron chi connectivity index (χ0n) is 13.7. The maximum absolute atomic E-state index is 6.40. The third-order valence-corrected chi connectivity index (χ3v) is 4.24. The summed E-state index contributed by atoms with van der Waals surface area (Å²) in [6.07, 6.45) is 2.72. The Labute approximate surface area is 138 Å². The minimum atomic E-state index is 0.704. The zero-order chi connectivity index (χ0) is 16.1. The molecule has 0 N–H and O–H groups in total. The molecule has 0 amide bonds. The number of hydrogen-bond donors (Lipinski definition) is 0. The van der Waals surface area contributed by atoms with E-state index in [0.29, 0.717) is 5.02 Å². The molecule has 0 heterocycles. The monoisotopic (exact) mass is 314 g/mol. The molecule has 0 aliphatic rings. The molecule has 0 saturated carbocycles. The summed E-state index contributed by atoms with van der Waals surface area (Å²) in [5, 5.41) is 0.704. The van der Waals surface area contributed by atoms with E-state index in [1.165, 1.54) is 22.3 Å². The summed E-state index contributed by atoms with van der Waals surface area (Å²) in [6, 6.07) is 12.6. The van der Waals surface area contributed by atoms with Gasteiger partial charge in [0.2, 0.25) is 0 Å². The Morgan fingerprint density at radius 3 is 2.50 bits per heavy atom. The number of aliphatic imine (C=N–C) groups is 1. The van der Waals surface area contributed by atoms with E-state index < -0.39 is 0 Å². The van der Waals surface area contributed by atoms with Crippen LogP contribution in [-0.2, 0) is 6.42 Å². The van der Waals surface area contributed by atoms with Gasteiger partial charge >= 0.3 is 0 Å². The highest BCUT2D eigenvalue weighted by atomic mass is 35.5. The minimum absolute atomic E-state index is 0.704. The molecule has 0 spiro atoms. The normalized spacial score (nSPS) is 11.1. The van der Waals surface area contributed by atoms with Crippen molar-refractivity contribution in [2.45, 2.75) is 27.2 Å². The molecule has 3 heteroatoms. The van der Waals surface area contributed by atoms with Crippen LogP contribution >= 0.6 is 11.6 Å². The van der Waals surface area contributed by atoms with Gasteiger partial charge in [0.15, 0.2) is 0 Å². The summed E-state index contributed by atoms with van der Waals surface area (Å²) in [6.45, 7) is 7.27. The molecular weight excluding hydrogens is 292 g/mol. The Hall–Kier alpha value is -1.80. The maximum Gasteiger partial charge on any atom is 0.0910 e. The van der Waals surface area contributed by atoms with Crippen molar-refractivity contribution in [2.75, 3.05) is 13.6 Å². The molecule has 0 aliphatic heterocycles. The van der Waals surface area contributed by atoms with Crippen molar-refractivity contribution in [1.82, 2.24) is 4.90 Å². The molecule has 0 bridgehead atoms. The van der Waals surface area contributed by atoms with Crippen LogP contribution in [0.15, 0.2) is 41.4 Å². The Bertz CT molecular complexity index is 677. The molecule has 0 saturated heterocycles. The highest BCUT2D eigenvalue weighted by Gasteiger charge is 2.07. The molecular formula is C19H23ClN2. The SMILES string of the molecule is CCN(C)C=Nc1cc(C)c(Cc2ccccc2C)cc1Cl. The van der Waals surface area contributed by atoms with Gasteiger partial charge in [-0.25, -0.2) is 4.99 Å². The Morgan fingerprint density at radius 1 is 1.09 bits per heavy atom. The largest absolute Gasteiger partial charge is 0.366 e. The molecule has 2 nitrogen and oxygen atoms in total. The van der Waals surface area contributed by atoms with Crippen molar-refractivity contribution in [1.29, 1.82) is 0 Å². The lowest BCUT2D eigenvalue weighted by Crippen LogP contribution is -2.14. The van der Waals surface area contributed by atoms with E-state index in [-0.39, 0.29) is 0 Å². The summed E-state index contributed by atoms with van der Waals surface area (Å²) < 4.78 is 0. The lowest BCUT2D eigenvalue weighted by molar-refractivity contribution is 0.552. The molecule has 116 valence electrons. The van der Waals surface area contributed by atoms with Crippen LogP contribution in [0.3, 0.4) is 0 Å². The highest BCUT2D eigenvalue weighted by molar-refractivity contribution is 6.33. The summed E-state index contributed by atoms with van der Waals surface area (Å²) >= 11 is 6.40. The molecule has 0 aromatic heterocycles. The van der Waals surface area contributed by atoms with Crippen LogP contribution in [0, 0.1) is 13.8 Å². The Kier molecular flexibility index (Phi) is 5.62. The van der Waals surface area contributed by atoms with Crippen LogP contribution in [0.4, 0.5) is 5.69 Å². The van der Waals surface area contributed by atoms with Crippen molar-refractivity contribution in [3.63, 3.8) is 0 Å². The molecule has 0 fully saturated rings. The smallest absolute Gasteiger partial charge is 0.0910 e. The second-order valence-corrected chi connectivity index (χ2v) is 6.06. The summed E-state index contributed by atoms with van der Waals surface area (Å²) in [7, 11) is 2.00. The maximum atomic E-state index is 6.40. The van der Waals surface area contributed by atoms with Crippen molar-refractivity contribution in [3.8, 4) is 0 Å². The lowest BCUT2D eigenvalue weighted by atomic mass is 9.97. The van der Waals surface area contributed by atoms with E-state index in [0.717, 1.165) is 18.7 Å². The van der Waals surface area contributed by atoms with Crippen LogP contribution in [0.25, 0.3) is 0 Å². The van der Waals surface area contributed by atoms with Crippen LogP contribution in [0.1, 0.15) is 29.2 Å². The third-order valence-electron chi connectivity index (χ3n) is 3.94. The quantitative estimate of drug-likeness (QED) is 0.550. The first-order chi connectivity index (χ1) is 10.5. The Balaban J connectivity index is 2.27. The van der Waals surface area contributed by atoms with Gasteiger partial charge in [-0.1, -0.05) is 35.9 Å². The number of hydrogen-bond acceptors (Lipinski definition) is 1. The standard InChI is InChI=1S/C19H23ClN2/c1-5-22(4)13-21-19-10-15(3)17(12-18(19)20)11-16-9-7-6-8-14(16)2/h6-10,12-13H,5,11H2,1-4H3. The topological polar surface area (TPSA) is 15.6 Å². The van der Waals surface area contributed by atoms with Gasteiger partial charge in [-0.05, 0) is 61.6 Å². The fourth-order valence-electron chi connectivity index (χ4n) is 2.25. The van der Waals surface area contributed by atoms with Gasteiger partial charge in [-0.2, -0.15) is 0 Å². The molecule has 0 aliphatic carbocycles. The number of nitrogens with zero attached hydrogens (tertiary/aromatic N) is 2. The summed E-state index contributed by atoms with van der Waals surface area (Å²) in [4.78, 5) is 6.49. The van der Waals surface area contributed by atoms with Crippen LogP contribution in [-0.4, -0.2) is 24.8 Å². The fourth-order valence-corrected chi connectivity index (χ4v) is 2.49. The number of rotatable bonds is 5. The van der Waals surface area contributed by atoms with Crippen molar-refractivity contribution >= 4 is 23.6 Å². The van der Waals surface area contributed by atoms with Crippen LogP contribution in [0.5, 0.6) is 0 Å². The molecule has 2 aromatic carbocycles. The van der Waals surface area contributed by atoms with Gasteiger partial charge in [0.25, 0.3) is 0 Å². The van der Waals surface area contributed by atoms with E-state index in [9.17, 15) is 0 Å². The van der Waals surface area contributed by atoms with Gasteiger partial charge in [-0.3, -0.25) is 0 Å². The van der Waals surface area contributed by atoms with Crippen LogP contribution in [0.2, 0.25) is 5.02 Å². The predicted molar refractivity (Wildman–Crippen MR) is 96.6 cm³/mol.